The number of pyridine rings is 1. The Labute approximate surface area is 131 Å². The molecule has 0 radical (unpaired) electrons. The lowest BCUT2D eigenvalue weighted by molar-refractivity contribution is -0.139. The molecule has 1 N–H and O–H groups in total. The van der Waals surface area contributed by atoms with Gasteiger partial charge in [-0.1, -0.05) is 11.6 Å². The number of anilines is 2. The molecule has 0 saturated carbocycles. The van der Waals surface area contributed by atoms with E-state index in [4.69, 9.17) is 11.6 Å². The number of nitrogens with zero attached hydrogens (tertiary/aromatic N) is 4. The summed E-state index contributed by atoms with van der Waals surface area (Å²) < 4.78 is 51.5. The van der Waals surface area contributed by atoms with Crippen LogP contribution in [0.15, 0.2) is 30.3 Å². The zero-order chi connectivity index (χ0) is 16.6. The van der Waals surface area contributed by atoms with Gasteiger partial charge in [-0.2, -0.15) is 13.2 Å². The first-order valence-corrected chi connectivity index (χ1v) is 6.52. The predicted octanol–water partition coefficient (Wildman–Crippen LogP) is 3.97. The monoisotopic (exact) mass is 343 g/mol. The molecule has 0 fully saturated rings. The third kappa shape index (κ3) is 3.14. The normalized spacial score (nSPS) is 11.7. The Bertz CT molecular complexity index is 884. The van der Waals surface area contributed by atoms with Crippen molar-refractivity contribution in [1.29, 1.82) is 0 Å². The largest absolute Gasteiger partial charge is 0.419 e. The van der Waals surface area contributed by atoms with Gasteiger partial charge in [0, 0.05) is 5.69 Å². The molecule has 0 bridgehead atoms. The van der Waals surface area contributed by atoms with E-state index in [1.165, 1.54) is 12.1 Å². The molecule has 0 aliphatic heterocycles. The van der Waals surface area contributed by atoms with E-state index >= 15 is 0 Å². The minimum Gasteiger partial charge on any atom is -0.337 e. The molecule has 5 nitrogen and oxygen atoms in total. The molecular formula is C13H6ClF4N5. The third-order valence-electron chi connectivity index (χ3n) is 2.90. The molecule has 0 amide bonds. The van der Waals surface area contributed by atoms with Crippen molar-refractivity contribution in [3.63, 3.8) is 0 Å². The Hall–Kier alpha value is -2.55. The van der Waals surface area contributed by atoms with Crippen molar-refractivity contribution in [1.82, 2.24) is 20.4 Å². The Balaban J connectivity index is 2.05. The highest BCUT2D eigenvalue weighted by Crippen LogP contribution is 2.33. The summed E-state index contributed by atoms with van der Waals surface area (Å²) in [6, 6.07) is 5.51. The fraction of sp³-hybridized carbons (Fsp3) is 0.0769. The second kappa shape index (κ2) is 5.58. The molecule has 3 aromatic rings. The summed E-state index contributed by atoms with van der Waals surface area (Å²) in [5.74, 6) is -1.31. The number of rotatable bonds is 2. The molecule has 0 saturated heterocycles. The molecule has 118 valence electrons. The van der Waals surface area contributed by atoms with Crippen LogP contribution < -0.4 is 5.32 Å². The molecule has 23 heavy (non-hydrogen) atoms. The number of alkyl halides is 3. The van der Waals surface area contributed by atoms with Crippen LogP contribution in [-0.4, -0.2) is 20.4 Å². The molecule has 2 heterocycles. The molecule has 10 heteroatoms. The number of hydrogen-bond donors (Lipinski definition) is 1. The fourth-order valence-electron chi connectivity index (χ4n) is 1.89. The molecule has 3 rings (SSSR count). The van der Waals surface area contributed by atoms with Gasteiger partial charge in [-0.3, -0.25) is 0 Å². The number of benzene rings is 1. The highest BCUT2D eigenvalue weighted by Gasteiger charge is 2.34. The number of hydrogen-bond acceptors (Lipinski definition) is 5. The molecule has 0 atom stereocenters. The van der Waals surface area contributed by atoms with Crippen molar-refractivity contribution < 1.29 is 17.6 Å². The van der Waals surface area contributed by atoms with Crippen molar-refractivity contribution in [2.75, 3.05) is 5.32 Å². The van der Waals surface area contributed by atoms with E-state index < -0.39 is 17.6 Å². The van der Waals surface area contributed by atoms with Gasteiger partial charge in [0.1, 0.15) is 22.0 Å². The molecule has 0 spiro atoms. The van der Waals surface area contributed by atoms with E-state index in [0.29, 0.717) is 17.6 Å². The van der Waals surface area contributed by atoms with Crippen LogP contribution in [0.5, 0.6) is 0 Å². The molecule has 0 aliphatic carbocycles. The third-order valence-corrected chi connectivity index (χ3v) is 3.11. The van der Waals surface area contributed by atoms with Gasteiger partial charge >= 0.3 is 6.18 Å². The summed E-state index contributed by atoms with van der Waals surface area (Å²) in [5.41, 5.74) is -0.836. The average Bonchev–Trinajstić information content (AvgIpc) is 2.48. The topological polar surface area (TPSA) is 63.6 Å². The Kier molecular flexibility index (Phi) is 3.72. The molecule has 0 unspecified atom stereocenters. The lowest BCUT2D eigenvalue weighted by Gasteiger charge is -2.11. The second-order valence-electron chi connectivity index (χ2n) is 4.46. The highest BCUT2D eigenvalue weighted by molar-refractivity contribution is 6.29. The van der Waals surface area contributed by atoms with Gasteiger partial charge in [0.2, 0.25) is 0 Å². The van der Waals surface area contributed by atoms with Gasteiger partial charge < -0.3 is 5.32 Å². The van der Waals surface area contributed by atoms with Crippen LogP contribution >= 0.6 is 11.6 Å². The summed E-state index contributed by atoms with van der Waals surface area (Å²) >= 11 is 5.79. The van der Waals surface area contributed by atoms with Crippen molar-refractivity contribution in [2.45, 2.75) is 6.18 Å². The molecule has 1 aromatic carbocycles. The standard InChI is InChI=1S/C13H6ClF4N5/c14-10-4-3-9-11(20-10)12(22-23-21-9)19-6-1-2-8(15)7(5-6)13(16,17)18/h1-5H,(H,19,21,22). The summed E-state index contributed by atoms with van der Waals surface area (Å²) in [5, 5.41) is 13.7. The maximum Gasteiger partial charge on any atom is 0.419 e. The van der Waals surface area contributed by atoms with E-state index in [-0.39, 0.29) is 22.2 Å². The van der Waals surface area contributed by atoms with Crippen molar-refractivity contribution in [3.8, 4) is 0 Å². The zero-order valence-corrected chi connectivity index (χ0v) is 11.8. The van der Waals surface area contributed by atoms with Crippen molar-refractivity contribution in [2.24, 2.45) is 0 Å². The first-order chi connectivity index (χ1) is 10.8. The highest BCUT2D eigenvalue weighted by atomic mass is 35.5. The van der Waals surface area contributed by atoms with Gasteiger partial charge in [-0.25, -0.2) is 9.37 Å². The Morgan fingerprint density at radius 3 is 2.57 bits per heavy atom. The summed E-state index contributed by atoms with van der Waals surface area (Å²) in [4.78, 5) is 4.00. The summed E-state index contributed by atoms with van der Waals surface area (Å²) in [6.07, 6.45) is -4.81. The van der Waals surface area contributed by atoms with E-state index in [1.807, 2.05) is 0 Å². The van der Waals surface area contributed by atoms with Crippen LogP contribution in [0.2, 0.25) is 5.15 Å². The second-order valence-corrected chi connectivity index (χ2v) is 4.84. The summed E-state index contributed by atoms with van der Waals surface area (Å²) in [6.45, 7) is 0. The quantitative estimate of drug-likeness (QED) is 0.563. The number of aromatic nitrogens is 4. The molecule has 0 aliphatic rings. The number of nitrogens with one attached hydrogen (secondary N) is 1. The Morgan fingerprint density at radius 1 is 1.04 bits per heavy atom. The number of fused-ring (bicyclic) bond motifs is 1. The molecule has 2 aromatic heterocycles. The summed E-state index contributed by atoms with van der Waals surface area (Å²) in [7, 11) is 0. The van der Waals surface area contributed by atoms with E-state index in [9.17, 15) is 17.6 Å². The zero-order valence-electron chi connectivity index (χ0n) is 11.1. The van der Waals surface area contributed by atoms with Crippen LogP contribution in [0.1, 0.15) is 5.56 Å². The van der Waals surface area contributed by atoms with Gasteiger partial charge in [-0.15, -0.1) is 10.2 Å². The van der Waals surface area contributed by atoms with Crippen LogP contribution in [0.3, 0.4) is 0 Å². The molecular weight excluding hydrogens is 338 g/mol. The first kappa shape index (κ1) is 15.3. The lowest BCUT2D eigenvalue weighted by atomic mass is 10.2. The maximum absolute atomic E-state index is 13.3. The maximum atomic E-state index is 13.3. The first-order valence-electron chi connectivity index (χ1n) is 6.14. The van der Waals surface area contributed by atoms with Gasteiger partial charge in [-0.05, 0) is 35.5 Å². The van der Waals surface area contributed by atoms with Crippen LogP contribution in [-0.2, 0) is 6.18 Å². The number of halogens is 5. The smallest absolute Gasteiger partial charge is 0.337 e. The predicted molar refractivity (Wildman–Crippen MR) is 74.8 cm³/mol. The Morgan fingerprint density at radius 2 is 1.83 bits per heavy atom. The van der Waals surface area contributed by atoms with Crippen LogP contribution in [0.25, 0.3) is 11.0 Å². The van der Waals surface area contributed by atoms with E-state index in [0.717, 1.165) is 6.07 Å². The SMILES string of the molecule is Fc1ccc(Nc2nnnc3ccc(Cl)nc23)cc1C(F)(F)F. The lowest BCUT2D eigenvalue weighted by Crippen LogP contribution is -2.09. The minimum atomic E-state index is -4.81. The minimum absolute atomic E-state index is 0.0256. The van der Waals surface area contributed by atoms with Crippen molar-refractivity contribution in [3.05, 3.63) is 46.9 Å². The van der Waals surface area contributed by atoms with Gasteiger partial charge in [0.05, 0.1) is 5.56 Å². The van der Waals surface area contributed by atoms with Crippen LogP contribution in [0, 0.1) is 5.82 Å². The van der Waals surface area contributed by atoms with Crippen molar-refractivity contribution >= 4 is 34.1 Å². The van der Waals surface area contributed by atoms with Gasteiger partial charge in [0.15, 0.2) is 5.82 Å². The van der Waals surface area contributed by atoms with E-state index in [2.05, 4.69) is 25.7 Å². The average molecular weight is 344 g/mol. The fourth-order valence-corrected chi connectivity index (χ4v) is 2.03. The van der Waals surface area contributed by atoms with Gasteiger partial charge in [0.25, 0.3) is 0 Å². The van der Waals surface area contributed by atoms with E-state index in [1.54, 1.807) is 0 Å². The van der Waals surface area contributed by atoms with Crippen LogP contribution in [0.4, 0.5) is 29.1 Å².